The van der Waals surface area contributed by atoms with Gasteiger partial charge in [0.05, 0.1) is 24.0 Å². The van der Waals surface area contributed by atoms with Gasteiger partial charge in [0.2, 0.25) is 5.91 Å². The first-order valence-corrected chi connectivity index (χ1v) is 7.04. The minimum absolute atomic E-state index is 0.119. The topological polar surface area (TPSA) is 86.6 Å². The van der Waals surface area contributed by atoms with Crippen LogP contribution in [0.1, 0.15) is 46.5 Å². The molecular formula is C14H25NO4. The number of amides is 1. The molecule has 19 heavy (non-hydrogen) atoms. The van der Waals surface area contributed by atoms with E-state index in [1.54, 1.807) is 0 Å². The SMILES string of the molecule is CCC(CC)(CO)NC(=O)C1CC(C)CC1C(=O)O. The van der Waals surface area contributed by atoms with Crippen LogP contribution in [-0.4, -0.2) is 34.2 Å². The maximum absolute atomic E-state index is 12.3. The number of aliphatic hydroxyl groups excluding tert-OH is 1. The first kappa shape index (κ1) is 16.0. The number of nitrogens with one attached hydrogen (secondary N) is 1. The summed E-state index contributed by atoms with van der Waals surface area (Å²) in [5, 5.41) is 21.5. The van der Waals surface area contributed by atoms with Crippen LogP contribution in [0.2, 0.25) is 0 Å². The maximum Gasteiger partial charge on any atom is 0.307 e. The van der Waals surface area contributed by atoms with Crippen molar-refractivity contribution in [3.05, 3.63) is 0 Å². The lowest BCUT2D eigenvalue weighted by atomic mass is 9.90. The van der Waals surface area contributed by atoms with Crippen molar-refractivity contribution in [2.75, 3.05) is 6.61 Å². The predicted molar refractivity (Wildman–Crippen MR) is 71.6 cm³/mol. The molecule has 5 nitrogen and oxygen atoms in total. The van der Waals surface area contributed by atoms with E-state index in [0.717, 1.165) is 0 Å². The zero-order valence-corrected chi connectivity index (χ0v) is 12.0. The molecule has 0 aromatic carbocycles. The molecule has 1 aliphatic carbocycles. The Kier molecular flexibility index (Phi) is 5.35. The molecule has 0 saturated heterocycles. The molecule has 3 N–H and O–H groups in total. The zero-order chi connectivity index (χ0) is 14.6. The van der Waals surface area contributed by atoms with Gasteiger partial charge < -0.3 is 15.5 Å². The molecule has 110 valence electrons. The Morgan fingerprint density at radius 2 is 1.74 bits per heavy atom. The molecule has 5 heteroatoms. The van der Waals surface area contributed by atoms with E-state index in [1.807, 2.05) is 20.8 Å². The largest absolute Gasteiger partial charge is 0.481 e. The summed E-state index contributed by atoms with van der Waals surface area (Å²) in [5.41, 5.74) is -0.619. The molecule has 1 rings (SSSR count). The number of hydrogen-bond donors (Lipinski definition) is 3. The number of carboxylic acid groups (broad SMARTS) is 1. The lowest BCUT2D eigenvalue weighted by Crippen LogP contribution is -2.53. The summed E-state index contributed by atoms with van der Waals surface area (Å²) in [5.74, 6) is -1.94. The Labute approximate surface area is 114 Å². The van der Waals surface area contributed by atoms with Gasteiger partial charge in [-0.1, -0.05) is 20.8 Å². The molecule has 1 aliphatic rings. The summed E-state index contributed by atoms with van der Waals surface area (Å²) in [6, 6.07) is 0. The van der Waals surface area contributed by atoms with E-state index in [4.69, 9.17) is 0 Å². The number of carboxylic acids is 1. The molecule has 0 aromatic heterocycles. The number of carbonyl (C=O) groups is 2. The van der Waals surface area contributed by atoms with Gasteiger partial charge in [-0.25, -0.2) is 0 Å². The summed E-state index contributed by atoms with van der Waals surface area (Å²) >= 11 is 0. The molecule has 1 amide bonds. The highest BCUT2D eigenvalue weighted by atomic mass is 16.4. The highest BCUT2D eigenvalue weighted by molar-refractivity contribution is 5.85. The van der Waals surface area contributed by atoms with Gasteiger partial charge in [0.25, 0.3) is 0 Å². The smallest absolute Gasteiger partial charge is 0.307 e. The summed E-state index contributed by atoms with van der Waals surface area (Å²) in [6.07, 6.45) is 2.42. The van der Waals surface area contributed by atoms with Crippen molar-refractivity contribution in [2.45, 2.75) is 52.0 Å². The van der Waals surface area contributed by atoms with Crippen LogP contribution in [0, 0.1) is 17.8 Å². The normalized spacial score (nSPS) is 27.3. The third-order valence-electron chi connectivity index (χ3n) is 4.50. The van der Waals surface area contributed by atoms with E-state index in [2.05, 4.69) is 5.32 Å². The van der Waals surface area contributed by atoms with E-state index in [9.17, 15) is 19.8 Å². The zero-order valence-electron chi connectivity index (χ0n) is 12.0. The molecule has 0 aliphatic heterocycles. The van der Waals surface area contributed by atoms with Crippen LogP contribution >= 0.6 is 0 Å². The van der Waals surface area contributed by atoms with Crippen molar-refractivity contribution < 1.29 is 19.8 Å². The van der Waals surface area contributed by atoms with Crippen LogP contribution in [0.25, 0.3) is 0 Å². The first-order chi connectivity index (χ1) is 8.89. The van der Waals surface area contributed by atoms with Crippen LogP contribution < -0.4 is 5.32 Å². The number of aliphatic carboxylic acids is 1. The summed E-state index contributed by atoms with van der Waals surface area (Å²) in [6.45, 7) is 5.67. The average molecular weight is 271 g/mol. The predicted octanol–water partition coefficient (Wildman–Crippen LogP) is 1.40. The van der Waals surface area contributed by atoms with Crippen LogP contribution in [0.15, 0.2) is 0 Å². The van der Waals surface area contributed by atoms with E-state index in [0.29, 0.717) is 25.7 Å². The van der Waals surface area contributed by atoms with Crippen LogP contribution in [0.4, 0.5) is 0 Å². The Hall–Kier alpha value is -1.10. The highest BCUT2D eigenvalue weighted by Crippen LogP contribution is 2.37. The molecule has 0 spiro atoms. The fraction of sp³-hybridized carbons (Fsp3) is 0.857. The van der Waals surface area contributed by atoms with Gasteiger partial charge in [-0.2, -0.15) is 0 Å². The van der Waals surface area contributed by atoms with E-state index in [1.165, 1.54) is 0 Å². The molecular weight excluding hydrogens is 246 g/mol. The Morgan fingerprint density at radius 1 is 1.21 bits per heavy atom. The van der Waals surface area contributed by atoms with Gasteiger partial charge in [0.15, 0.2) is 0 Å². The van der Waals surface area contributed by atoms with Gasteiger partial charge in [-0.05, 0) is 31.6 Å². The number of aliphatic hydroxyl groups is 1. The van der Waals surface area contributed by atoms with Crippen LogP contribution in [0.5, 0.6) is 0 Å². The van der Waals surface area contributed by atoms with Crippen molar-refractivity contribution in [3.63, 3.8) is 0 Å². The molecule has 0 aromatic rings. The number of rotatable bonds is 6. The van der Waals surface area contributed by atoms with Gasteiger partial charge in [0, 0.05) is 0 Å². The quantitative estimate of drug-likeness (QED) is 0.681. The van der Waals surface area contributed by atoms with Gasteiger partial charge >= 0.3 is 5.97 Å². The first-order valence-electron chi connectivity index (χ1n) is 7.04. The number of hydrogen-bond acceptors (Lipinski definition) is 3. The minimum Gasteiger partial charge on any atom is -0.481 e. The molecule has 1 saturated carbocycles. The van der Waals surface area contributed by atoms with Crippen LogP contribution in [0.3, 0.4) is 0 Å². The van der Waals surface area contributed by atoms with Gasteiger partial charge in [-0.3, -0.25) is 9.59 Å². The third-order valence-corrected chi connectivity index (χ3v) is 4.50. The Bertz CT molecular complexity index is 330. The summed E-state index contributed by atoms with van der Waals surface area (Å²) < 4.78 is 0. The van der Waals surface area contributed by atoms with Crippen LogP contribution in [-0.2, 0) is 9.59 Å². The van der Waals surface area contributed by atoms with E-state index >= 15 is 0 Å². The van der Waals surface area contributed by atoms with E-state index < -0.39 is 23.3 Å². The summed E-state index contributed by atoms with van der Waals surface area (Å²) in [7, 11) is 0. The summed E-state index contributed by atoms with van der Waals surface area (Å²) in [4.78, 5) is 23.5. The minimum atomic E-state index is -0.896. The highest BCUT2D eigenvalue weighted by Gasteiger charge is 2.42. The van der Waals surface area contributed by atoms with Crippen molar-refractivity contribution in [1.29, 1.82) is 0 Å². The Morgan fingerprint density at radius 3 is 2.16 bits per heavy atom. The fourth-order valence-electron chi connectivity index (χ4n) is 2.90. The van der Waals surface area contributed by atoms with E-state index in [-0.39, 0.29) is 18.4 Å². The molecule has 0 bridgehead atoms. The van der Waals surface area contributed by atoms with Crippen molar-refractivity contribution in [3.8, 4) is 0 Å². The standard InChI is InChI=1S/C14H25NO4/c1-4-14(5-2,8-16)15-12(17)10-6-9(3)7-11(10)13(18)19/h9-11,16H,4-8H2,1-3H3,(H,15,17)(H,18,19). The van der Waals surface area contributed by atoms with Crippen molar-refractivity contribution in [1.82, 2.24) is 5.32 Å². The molecule has 3 atom stereocenters. The second kappa shape index (κ2) is 6.37. The van der Waals surface area contributed by atoms with Crippen molar-refractivity contribution >= 4 is 11.9 Å². The fourth-order valence-corrected chi connectivity index (χ4v) is 2.90. The number of carbonyl (C=O) groups excluding carboxylic acids is 1. The van der Waals surface area contributed by atoms with Crippen molar-refractivity contribution in [2.24, 2.45) is 17.8 Å². The van der Waals surface area contributed by atoms with Gasteiger partial charge in [-0.15, -0.1) is 0 Å². The van der Waals surface area contributed by atoms with Gasteiger partial charge in [0.1, 0.15) is 0 Å². The monoisotopic (exact) mass is 271 g/mol. The second-order valence-corrected chi connectivity index (χ2v) is 5.76. The molecule has 0 radical (unpaired) electrons. The Balaban J connectivity index is 2.79. The molecule has 3 unspecified atom stereocenters. The lowest BCUT2D eigenvalue weighted by Gasteiger charge is -2.32. The average Bonchev–Trinajstić information content (AvgIpc) is 2.78. The molecule has 0 heterocycles. The maximum atomic E-state index is 12.3. The lowest BCUT2D eigenvalue weighted by molar-refractivity contribution is -0.146. The molecule has 1 fully saturated rings. The third kappa shape index (κ3) is 3.47. The second-order valence-electron chi connectivity index (χ2n) is 5.76.